The quantitative estimate of drug-likeness (QED) is 0.804. The normalized spacial score (nSPS) is 10.2. The molecule has 0 aliphatic rings. The minimum atomic E-state index is 0.647. The zero-order valence-electron chi connectivity index (χ0n) is 8.73. The van der Waals surface area contributed by atoms with Gasteiger partial charge < -0.3 is 5.32 Å². The molecule has 0 radical (unpaired) electrons. The van der Waals surface area contributed by atoms with Crippen molar-refractivity contribution in [1.82, 2.24) is 5.32 Å². The topological polar surface area (TPSA) is 12.0 Å². The van der Waals surface area contributed by atoms with Crippen molar-refractivity contribution in [3.05, 3.63) is 46.5 Å². The molecule has 1 nitrogen and oxygen atoms in total. The fourth-order valence-electron chi connectivity index (χ4n) is 1.26. The third-order valence-electron chi connectivity index (χ3n) is 2.22. The van der Waals surface area contributed by atoms with Crippen LogP contribution >= 0.6 is 11.6 Å². The van der Waals surface area contributed by atoms with Crippen molar-refractivity contribution >= 4 is 11.6 Å². The van der Waals surface area contributed by atoms with Crippen molar-refractivity contribution in [2.75, 3.05) is 6.54 Å². The predicted octanol–water partition coefficient (Wildman–Crippen LogP) is 3.15. The summed E-state index contributed by atoms with van der Waals surface area (Å²) < 4.78 is 0. The molecule has 2 heteroatoms. The highest BCUT2D eigenvalue weighted by Gasteiger charge is 1.96. The third kappa shape index (κ3) is 3.52. The molecule has 0 saturated carbocycles. The molecule has 0 heterocycles. The van der Waals surface area contributed by atoms with Gasteiger partial charge in [0.25, 0.3) is 0 Å². The summed E-state index contributed by atoms with van der Waals surface area (Å²) in [4.78, 5) is 0. The molecule has 0 aliphatic carbocycles. The fraction of sp³-hybridized carbons (Fsp3) is 0.333. The van der Waals surface area contributed by atoms with E-state index in [2.05, 4.69) is 43.9 Å². The third-order valence-corrected chi connectivity index (χ3v) is 2.35. The summed E-state index contributed by atoms with van der Waals surface area (Å²) in [6, 6.07) is 6.47. The lowest BCUT2D eigenvalue weighted by molar-refractivity contribution is 0.754. The Kier molecular flexibility index (Phi) is 4.18. The number of hydrogen-bond acceptors (Lipinski definition) is 1. The van der Waals surface area contributed by atoms with E-state index in [-0.39, 0.29) is 0 Å². The highest BCUT2D eigenvalue weighted by atomic mass is 35.5. The maximum absolute atomic E-state index is 5.64. The predicted molar refractivity (Wildman–Crippen MR) is 62.6 cm³/mol. The first-order valence-corrected chi connectivity index (χ1v) is 5.07. The summed E-state index contributed by atoms with van der Waals surface area (Å²) in [5, 5.41) is 3.86. The second-order valence-electron chi connectivity index (χ2n) is 3.54. The van der Waals surface area contributed by atoms with Crippen molar-refractivity contribution in [3.63, 3.8) is 0 Å². The molecule has 0 fully saturated rings. The van der Waals surface area contributed by atoms with Crippen LogP contribution in [0, 0.1) is 13.8 Å². The molecule has 14 heavy (non-hydrogen) atoms. The van der Waals surface area contributed by atoms with Crippen LogP contribution in [0.2, 0.25) is 0 Å². The molecular weight excluding hydrogens is 194 g/mol. The average Bonchev–Trinajstić information content (AvgIpc) is 2.10. The number of rotatable bonds is 4. The molecule has 0 unspecified atom stereocenters. The van der Waals surface area contributed by atoms with Gasteiger partial charge in [0, 0.05) is 18.1 Å². The van der Waals surface area contributed by atoms with Crippen LogP contribution in [0.1, 0.15) is 16.7 Å². The van der Waals surface area contributed by atoms with Crippen LogP contribution < -0.4 is 5.32 Å². The van der Waals surface area contributed by atoms with Gasteiger partial charge in [0.2, 0.25) is 0 Å². The first-order valence-electron chi connectivity index (χ1n) is 4.69. The van der Waals surface area contributed by atoms with Crippen LogP contribution in [0.25, 0.3) is 0 Å². The number of hydrogen-bond donors (Lipinski definition) is 1. The van der Waals surface area contributed by atoms with Gasteiger partial charge in [-0.15, -0.1) is 0 Å². The Labute approximate surface area is 90.8 Å². The molecule has 1 N–H and O–H groups in total. The zero-order valence-corrected chi connectivity index (χ0v) is 9.49. The van der Waals surface area contributed by atoms with E-state index < -0.39 is 0 Å². The van der Waals surface area contributed by atoms with Gasteiger partial charge in [0.1, 0.15) is 0 Å². The highest BCUT2D eigenvalue weighted by molar-refractivity contribution is 6.29. The van der Waals surface area contributed by atoms with E-state index in [4.69, 9.17) is 11.6 Å². The van der Waals surface area contributed by atoms with Crippen molar-refractivity contribution in [3.8, 4) is 0 Å². The molecule has 0 saturated heterocycles. The molecule has 0 amide bonds. The molecule has 0 bridgehead atoms. The summed E-state index contributed by atoms with van der Waals surface area (Å²) in [5.74, 6) is 0. The minimum absolute atomic E-state index is 0.647. The molecule has 76 valence electrons. The van der Waals surface area contributed by atoms with Gasteiger partial charge in [0.15, 0.2) is 0 Å². The van der Waals surface area contributed by atoms with Crippen LogP contribution in [-0.4, -0.2) is 6.54 Å². The maximum atomic E-state index is 5.64. The van der Waals surface area contributed by atoms with Gasteiger partial charge in [-0.2, -0.15) is 0 Å². The summed E-state index contributed by atoms with van der Waals surface area (Å²) in [6.45, 7) is 9.36. The van der Waals surface area contributed by atoms with Gasteiger partial charge in [-0.3, -0.25) is 0 Å². The lowest BCUT2D eigenvalue weighted by Crippen LogP contribution is -2.14. The lowest BCUT2D eigenvalue weighted by atomic mass is 10.1. The van der Waals surface area contributed by atoms with Gasteiger partial charge in [-0.05, 0) is 30.5 Å². The van der Waals surface area contributed by atoms with E-state index in [1.807, 2.05) is 0 Å². The standard InChI is InChI=1S/C12H16ClN/c1-9-4-5-12(6-10(9)2)8-14-7-11(3)13/h4-6,14H,3,7-8H2,1-2H3. The van der Waals surface area contributed by atoms with E-state index in [1.165, 1.54) is 16.7 Å². The molecule has 0 aromatic heterocycles. The largest absolute Gasteiger partial charge is 0.308 e. The number of halogens is 1. The Bertz CT molecular complexity index is 331. The second-order valence-corrected chi connectivity index (χ2v) is 4.07. The summed E-state index contributed by atoms with van der Waals surface area (Å²) in [7, 11) is 0. The van der Waals surface area contributed by atoms with Crippen LogP contribution in [0.15, 0.2) is 29.8 Å². The fourth-order valence-corrected chi connectivity index (χ4v) is 1.35. The first kappa shape index (κ1) is 11.3. The molecule has 0 aliphatic heterocycles. The highest BCUT2D eigenvalue weighted by Crippen LogP contribution is 2.09. The Morgan fingerprint density at radius 2 is 2.07 bits per heavy atom. The Balaban J connectivity index is 2.51. The van der Waals surface area contributed by atoms with Gasteiger partial charge in [0.05, 0.1) is 0 Å². The van der Waals surface area contributed by atoms with Crippen molar-refractivity contribution in [2.24, 2.45) is 0 Å². The lowest BCUT2D eigenvalue weighted by Gasteiger charge is -2.06. The first-order chi connectivity index (χ1) is 6.59. The number of aryl methyl sites for hydroxylation is 2. The van der Waals surface area contributed by atoms with Crippen molar-refractivity contribution in [2.45, 2.75) is 20.4 Å². The van der Waals surface area contributed by atoms with Crippen LogP contribution in [0.3, 0.4) is 0 Å². The van der Waals surface area contributed by atoms with E-state index in [0.29, 0.717) is 11.6 Å². The number of nitrogens with one attached hydrogen (secondary N) is 1. The second kappa shape index (κ2) is 5.18. The van der Waals surface area contributed by atoms with E-state index in [0.717, 1.165) is 6.54 Å². The molecular formula is C12H16ClN. The number of benzene rings is 1. The van der Waals surface area contributed by atoms with E-state index in [9.17, 15) is 0 Å². The molecule has 0 atom stereocenters. The summed E-state index contributed by atoms with van der Waals surface area (Å²) >= 11 is 5.64. The smallest absolute Gasteiger partial charge is 0.0310 e. The van der Waals surface area contributed by atoms with Crippen LogP contribution in [-0.2, 0) is 6.54 Å². The van der Waals surface area contributed by atoms with Crippen molar-refractivity contribution < 1.29 is 0 Å². The zero-order chi connectivity index (χ0) is 10.6. The van der Waals surface area contributed by atoms with Gasteiger partial charge in [-0.25, -0.2) is 0 Å². The van der Waals surface area contributed by atoms with Gasteiger partial charge >= 0.3 is 0 Å². The Hall–Kier alpha value is -0.790. The molecule has 0 spiro atoms. The van der Waals surface area contributed by atoms with Crippen LogP contribution in [0.5, 0.6) is 0 Å². The Morgan fingerprint density at radius 3 is 2.64 bits per heavy atom. The molecule has 1 rings (SSSR count). The summed E-state index contributed by atoms with van der Waals surface area (Å²) in [6.07, 6.45) is 0. The average molecular weight is 210 g/mol. The van der Waals surface area contributed by atoms with Crippen LogP contribution in [0.4, 0.5) is 0 Å². The van der Waals surface area contributed by atoms with E-state index >= 15 is 0 Å². The minimum Gasteiger partial charge on any atom is -0.308 e. The van der Waals surface area contributed by atoms with Gasteiger partial charge in [-0.1, -0.05) is 36.4 Å². The molecule has 1 aromatic carbocycles. The SMILES string of the molecule is C=C(Cl)CNCc1ccc(C)c(C)c1. The molecule has 1 aromatic rings. The Morgan fingerprint density at radius 1 is 1.36 bits per heavy atom. The summed E-state index contributed by atoms with van der Waals surface area (Å²) in [5.41, 5.74) is 3.94. The maximum Gasteiger partial charge on any atom is 0.0310 e. The van der Waals surface area contributed by atoms with E-state index in [1.54, 1.807) is 0 Å². The van der Waals surface area contributed by atoms with Crippen molar-refractivity contribution in [1.29, 1.82) is 0 Å². The monoisotopic (exact) mass is 209 g/mol.